The summed E-state index contributed by atoms with van der Waals surface area (Å²) in [6, 6.07) is 18.5. The molecule has 35 heavy (non-hydrogen) atoms. The van der Waals surface area contributed by atoms with Crippen molar-refractivity contribution in [1.29, 1.82) is 0 Å². The second-order valence-electron chi connectivity index (χ2n) is 7.34. The first-order valence-electron chi connectivity index (χ1n) is 10.5. The van der Waals surface area contributed by atoms with Crippen molar-refractivity contribution < 1.29 is 19.2 Å². The lowest BCUT2D eigenvalue weighted by molar-refractivity contribution is -0.384. The fraction of sp³-hybridized carbons (Fsp3) is 0.120. The third-order valence-electron chi connectivity index (χ3n) is 4.99. The van der Waals surface area contributed by atoms with E-state index in [0.29, 0.717) is 44.6 Å². The first kappa shape index (κ1) is 24.7. The molecule has 178 valence electrons. The van der Waals surface area contributed by atoms with E-state index >= 15 is 0 Å². The summed E-state index contributed by atoms with van der Waals surface area (Å²) < 4.78 is 12.1. The molecule has 0 N–H and O–H groups in total. The average molecular weight is 527 g/mol. The summed E-state index contributed by atoms with van der Waals surface area (Å²) in [5, 5.41) is 11.6. The van der Waals surface area contributed by atoms with E-state index in [-0.39, 0.29) is 11.6 Å². The number of thiocarbonyl (C=S) groups is 1. The van der Waals surface area contributed by atoms with Gasteiger partial charge in [0.05, 0.1) is 22.1 Å². The fourth-order valence-corrected chi connectivity index (χ4v) is 4.73. The van der Waals surface area contributed by atoms with Gasteiger partial charge in [0.1, 0.15) is 6.61 Å². The Morgan fingerprint density at radius 1 is 1.06 bits per heavy atom. The third-order valence-corrected chi connectivity index (χ3v) is 6.54. The van der Waals surface area contributed by atoms with Crippen LogP contribution in [-0.2, 0) is 11.4 Å². The van der Waals surface area contributed by atoms with Crippen molar-refractivity contribution in [2.75, 3.05) is 11.5 Å². The second kappa shape index (κ2) is 10.9. The molecule has 7 nitrogen and oxygen atoms in total. The SMILES string of the molecule is CCOc1cc(/C=C2\SC(=S)N(c3ccc([N+](=O)[O-])cc3)C2=O)ccc1OCc1ccc(Cl)cc1. The molecule has 1 fully saturated rings. The molecule has 3 aromatic carbocycles. The van der Waals surface area contributed by atoms with Crippen LogP contribution in [0.25, 0.3) is 6.08 Å². The fourth-order valence-electron chi connectivity index (χ4n) is 3.31. The lowest BCUT2D eigenvalue weighted by Crippen LogP contribution is -2.27. The van der Waals surface area contributed by atoms with Crippen molar-refractivity contribution in [2.24, 2.45) is 0 Å². The highest BCUT2D eigenvalue weighted by Crippen LogP contribution is 2.38. The Balaban J connectivity index is 1.53. The number of halogens is 1. The number of non-ortho nitro benzene ring substituents is 1. The molecule has 0 unspecified atom stereocenters. The van der Waals surface area contributed by atoms with Gasteiger partial charge in [0.25, 0.3) is 11.6 Å². The Morgan fingerprint density at radius 2 is 1.77 bits per heavy atom. The van der Waals surface area contributed by atoms with E-state index in [9.17, 15) is 14.9 Å². The minimum absolute atomic E-state index is 0.0587. The predicted octanol–water partition coefficient (Wildman–Crippen LogP) is 6.63. The molecule has 4 rings (SSSR count). The van der Waals surface area contributed by atoms with E-state index in [2.05, 4.69) is 0 Å². The summed E-state index contributed by atoms with van der Waals surface area (Å²) in [6.45, 7) is 2.68. The van der Waals surface area contributed by atoms with Crippen molar-refractivity contribution >= 4 is 63.3 Å². The van der Waals surface area contributed by atoms with E-state index in [1.807, 2.05) is 25.1 Å². The van der Waals surface area contributed by atoms with E-state index in [1.165, 1.54) is 40.9 Å². The predicted molar refractivity (Wildman–Crippen MR) is 142 cm³/mol. The normalized spacial score (nSPS) is 14.5. The summed E-state index contributed by atoms with van der Waals surface area (Å²) in [7, 11) is 0. The van der Waals surface area contributed by atoms with Crippen LogP contribution in [0.2, 0.25) is 5.02 Å². The summed E-state index contributed by atoms with van der Waals surface area (Å²) >= 11 is 12.5. The zero-order valence-electron chi connectivity index (χ0n) is 18.5. The number of amides is 1. The number of nitro groups is 1. The molecule has 1 amide bonds. The maximum absolute atomic E-state index is 13.1. The van der Waals surface area contributed by atoms with E-state index in [0.717, 1.165) is 11.1 Å². The van der Waals surface area contributed by atoms with Crippen LogP contribution in [0.5, 0.6) is 11.5 Å². The molecular formula is C25H19ClN2O5S2. The molecule has 1 heterocycles. The summed E-state index contributed by atoms with van der Waals surface area (Å²) in [5.41, 5.74) is 2.13. The molecule has 1 aliphatic heterocycles. The minimum atomic E-state index is -0.493. The van der Waals surface area contributed by atoms with Crippen molar-refractivity contribution in [2.45, 2.75) is 13.5 Å². The number of thioether (sulfide) groups is 1. The molecule has 0 aliphatic carbocycles. The first-order valence-corrected chi connectivity index (χ1v) is 12.1. The van der Waals surface area contributed by atoms with Gasteiger partial charge in [-0.15, -0.1) is 0 Å². The highest BCUT2D eigenvalue weighted by Gasteiger charge is 2.33. The Labute approximate surface area is 216 Å². The van der Waals surface area contributed by atoms with Crippen molar-refractivity contribution in [3.05, 3.63) is 97.9 Å². The van der Waals surface area contributed by atoms with Gasteiger partial charge in [-0.3, -0.25) is 19.8 Å². The number of hydrogen-bond donors (Lipinski definition) is 0. The maximum atomic E-state index is 13.1. The first-order chi connectivity index (χ1) is 16.9. The van der Waals surface area contributed by atoms with Crippen LogP contribution >= 0.6 is 35.6 Å². The summed E-state index contributed by atoms with van der Waals surface area (Å²) in [4.78, 5) is 25.3. The number of nitro benzene ring substituents is 1. The largest absolute Gasteiger partial charge is 0.490 e. The summed E-state index contributed by atoms with van der Waals surface area (Å²) in [6.07, 6.45) is 1.73. The molecule has 10 heteroatoms. The Kier molecular flexibility index (Phi) is 7.70. The number of nitrogens with zero attached hydrogens (tertiary/aromatic N) is 2. The highest BCUT2D eigenvalue weighted by atomic mass is 35.5. The lowest BCUT2D eigenvalue weighted by Gasteiger charge is -2.14. The van der Waals surface area contributed by atoms with Gasteiger partial charge in [0, 0.05) is 17.2 Å². The molecule has 1 saturated heterocycles. The van der Waals surface area contributed by atoms with E-state index in [1.54, 1.807) is 30.3 Å². The quantitative estimate of drug-likeness (QED) is 0.141. The Bertz CT molecular complexity index is 1310. The standard InChI is InChI=1S/C25H19ClN2O5S2/c1-2-32-22-13-17(5-12-21(22)33-15-16-3-6-18(26)7-4-16)14-23-24(29)27(25(34)35-23)19-8-10-20(11-9-19)28(30)31/h3-14H,2,15H2,1H3/b23-14-. The van der Waals surface area contributed by atoms with Crippen molar-refractivity contribution in [3.63, 3.8) is 0 Å². The van der Waals surface area contributed by atoms with Gasteiger partial charge in [0.15, 0.2) is 15.8 Å². The van der Waals surface area contributed by atoms with Gasteiger partial charge in [-0.25, -0.2) is 0 Å². The van der Waals surface area contributed by atoms with Gasteiger partial charge in [-0.05, 0) is 60.5 Å². The molecule has 0 aromatic heterocycles. The van der Waals surface area contributed by atoms with Crippen LogP contribution in [-0.4, -0.2) is 21.8 Å². The number of ether oxygens (including phenoxy) is 2. The van der Waals surface area contributed by atoms with Gasteiger partial charge < -0.3 is 9.47 Å². The number of benzene rings is 3. The maximum Gasteiger partial charge on any atom is 0.270 e. The second-order valence-corrected chi connectivity index (χ2v) is 9.46. The zero-order chi connectivity index (χ0) is 24.9. The van der Waals surface area contributed by atoms with E-state index < -0.39 is 4.92 Å². The third kappa shape index (κ3) is 5.82. The monoisotopic (exact) mass is 526 g/mol. The molecule has 1 aliphatic rings. The number of carbonyl (C=O) groups excluding carboxylic acids is 1. The lowest BCUT2D eigenvalue weighted by atomic mass is 10.1. The van der Waals surface area contributed by atoms with Crippen LogP contribution in [0.1, 0.15) is 18.1 Å². The van der Waals surface area contributed by atoms with Crippen LogP contribution in [0.3, 0.4) is 0 Å². The van der Waals surface area contributed by atoms with Gasteiger partial charge in [-0.1, -0.05) is 53.8 Å². The number of anilines is 1. The average Bonchev–Trinajstić information content (AvgIpc) is 3.12. The van der Waals surface area contributed by atoms with Gasteiger partial charge in [-0.2, -0.15) is 0 Å². The number of hydrogen-bond acceptors (Lipinski definition) is 7. The molecule has 0 bridgehead atoms. The smallest absolute Gasteiger partial charge is 0.270 e. The number of rotatable bonds is 8. The zero-order valence-corrected chi connectivity index (χ0v) is 20.9. The summed E-state index contributed by atoms with van der Waals surface area (Å²) in [5.74, 6) is 0.841. The van der Waals surface area contributed by atoms with Crippen LogP contribution in [0, 0.1) is 10.1 Å². The Hall–Kier alpha value is -3.40. The molecular weight excluding hydrogens is 508 g/mol. The molecule has 0 atom stereocenters. The van der Waals surface area contributed by atoms with Crippen molar-refractivity contribution in [1.82, 2.24) is 0 Å². The molecule has 0 radical (unpaired) electrons. The van der Waals surface area contributed by atoms with Crippen LogP contribution < -0.4 is 14.4 Å². The van der Waals surface area contributed by atoms with Gasteiger partial charge >= 0.3 is 0 Å². The molecule has 0 saturated carbocycles. The van der Waals surface area contributed by atoms with E-state index in [4.69, 9.17) is 33.3 Å². The molecule has 3 aromatic rings. The minimum Gasteiger partial charge on any atom is -0.490 e. The number of carbonyl (C=O) groups is 1. The van der Waals surface area contributed by atoms with Crippen LogP contribution in [0.15, 0.2) is 71.6 Å². The van der Waals surface area contributed by atoms with Crippen molar-refractivity contribution in [3.8, 4) is 11.5 Å². The topological polar surface area (TPSA) is 81.9 Å². The highest BCUT2D eigenvalue weighted by molar-refractivity contribution is 8.27. The van der Waals surface area contributed by atoms with Crippen LogP contribution in [0.4, 0.5) is 11.4 Å². The Morgan fingerprint density at radius 3 is 2.43 bits per heavy atom. The van der Waals surface area contributed by atoms with Gasteiger partial charge in [0.2, 0.25) is 0 Å². The molecule has 0 spiro atoms.